The van der Waals surface area contributed by atoms with Crippen LogP contribution in [0.3, 0.4) is 0 Å². The van der Waals surface area contributed by atoms with Gasteiger partial charge in [0.25, 0.3) is 0 Å². The summed E-state index contributed by atoms with van der Waals surface area (Å²) in [5.41, 5.74) is 0.435. The molecule has 0 aliphatic heterocycles. The van der Waals surface area contributed by atoms with Crippen molar-refractivity contribution in [2.45, 2.75) is 62.2 Å². The van der Waals surface area contributed by atoms with Gasteiger partial charge in [-0.25, -0.2) is 0 Å². The number of carbonyl (C=O) groups excluding carboxylic acids is 1. The van der Waals surface area contributed by atoms with Crippen molar-refractivity contribution >= 4 is 17.7 Å². The van der Waals surface area contributed by atoms with Crippen LogP contribution in [-0.4, -0.2) is 32.0 Å². The molecule has 1 aromatic carbocycles. The molecule has 1 amide bonds. The number of aromatic nitrogens is 3. The van der Waals surface area contributed by atoms with Gasteiger partial charge < -0.3 is 9.88 Å². The average Bonchev–Trinajstić information content (AvgIpc) is 2.95. The second kappa shape index (κ2) is 10.3. The van der Waals surface area contributed by atoms with Crippen LogP contribution in [0.15, 0.2) is 48.1 Å². The molecular weight excluding hydrogens is 382 g/mol. The summed E-state index contributed by atoms with van der Waals surface area (Å²) in [4.78, 5) is 12.6. The van der Waals surface area contributed by atoms with Crippen LogP contribution < -0.4 is 5.32 Å². The second-order valence-electron chi connectivity index (χ2n) is 7.41. The SMILES string of the molecule is C=CCn1c(Cc2ccccc2)nnc1SCC(=O)NC1(C#N)CCCCCC1. The third-order valence-electron chi connectivity index (χ3n) is 5.19. The number of carbonyl (C=O) groups is 1. The third-order valence-corrected chi connectivity index (χ3v) is 6.16. The number of benzene rings is 1. The first-order valence-electron chi connectivity index (χ1n) is 10.1. The number of hydrogen-bond donors (Lipinski definition) is 1. The molecule has 1 aliphatic carbocycles. The van der Waals surface area contributed by atoms with E-state index in [0.29, 0.717) is 18.1 Å². The van der Waals surface area contributed by atoms with Gasteiger partial charge in [0.15, 0.2) is 5.16 Å². The fraction of sp³-hybridized carbons (Fsp3) is 0.455. The van der Waals surface area contributed by atoms with Crippen molar-refractivity contribution < 1.29 is 4.79 Å². The molecule has 1 heterocycles. The van der Waals surface area contributed by atoms with Gasteiger partial charge in [-0.3, -0.25) is 4.79 Å². The molecule has 0 saturated heterocycles. The zero-order chi connectivity index (χ0) is 20.5. The maximum atomic E-state index is 12.6. The molecule has 0 bridgehead atoms. The molecule has 1 fully saturated rings. The average molecular weight is 410 g/mol. The molecule has 2 aromatic rings. The third kappa shape index (κ3) is 5.70. The minimum absolute atomic E-state index is 0.129. The highest BCUT2D eigenvalue weighted by Gasteiger charge is 2.32. The van der Waals surface area contributed by atoms with Crippen molar-refractivity contribution in [1.29, 1.82) is 5.26 Å². The Bertz CT molecular complexity index is 863. The summed E-state index contributed by atoms with van der Waals surface area (Å²) in [6.45, 7) is 4.41. The van der Waals surface area contributed by atoms with Crippen molar-refractivity contribution in [3.63, 3.8) is 0 Å². The molecule has 0 radical (unpaired) electrons. The van der Waals surface area contributed by atoms with Crippen LogP contribution in [-0.2, 0) is 17.8 Å². The quantitative estimate of drug-likeness (QED) is 0.406. The molecular formula is C22H27N5OS. The fourth-order valence-corrected chi connectivity index (χ4v) is 4.44. The van der Waals surface area contributed by atoms with Crippen LogP contribution >= 0.6 is 11.8 Å². The van der Waals surface area contributed by atoms with Crippen LogP contribution in [0.2, 0.25) is 0 Å². The Kier molecular flexibility index (Phi) is 7.48. The number of thioether (sulfide) groups is 1. The lowest BCUT2D eigenvalue weighted by molar-refractivity contribution is -0.120. The second-order valence-corrected chi connectivity index (χ2v) is 8.35. The number of hydrogen-bond acceptors (Lipinski definition) is 5. The highest BCUT2D eigenvalue weighted by molar-refractivity contribution is 7.99. The molecule has 1 aromatic heterocycles. The summed E-state index contributed by atoms with van der Waals surface area (Å²) < 4.78 is 1.99. The summed E-state index contributed by atoms with van der Waals surface area (Å²) in [7, 11) is 0. The van der Waals surface area contributed by atoms with Crippen LogP contribution in [0.25, 0.3) is 0 Å². The van der Waals surface area contributed by atoms with E-state index in [1.54, 1.807) is 6.08 Å². The number of nitrogens with zero attached hydrogens (tertiary/aromatic N) is 4. The lowest BCUT2D eigenvalue weighted by Gasteiger charge is -2.26. The lowest BCUT2D eigenvalue weighted by Crippen LogP contribution is -2.47. The molecule has 0 spiro atoms. The van der Waals surface area contributed by atoms with Gasteiger partial charge in [-0.2, -0.15) is 5.26 Å². The van der Waals surface area contributed by atoms with E-state index in [1.165, 1.54) is 11.8 Å². The minimum Gasteiger partial charge on any atom is -0.337 e. The maximum Gasteiger partial charge on any atom is 0.231 e. The normalized spacial score (nSPS) is 15.8. The summed E-state index contributed by atoms with van der Waals surface area (Å²) in [6, 6.07) is 12.5. The van der Waals surface area contributed by atoms with Gasteiger partial charge in [-0.05, 0) is 18.4 Å². The van der Waals surface area contributed by atoms with E-state index in [4.69, 9.17) is 0 Å². The Hall–Kier alpha value is -2.59. The van der Waals surface area contributed by atoms with Crippen molar-refractivity contribution in [2.24, 2.45) is 0 Å². The smallest absolute Gasteiger partial charge is 0.231 e. The van der Waals surface area contributed by atoms with Crippen LogP contribution in [0.1, 0.15) is 49.9 Å². The van der Waals surface area contributed by atoms with Crippen molar-refractivity contribution in [3.8, 4) is 6.07 Å². The molecule has 1 aliphatic rings. The molecule has 1 saturated carbocycles. The van der Waals surface area contributed by atoms with E-state index in [1.807, 2.05) is 22.8 Å². The van der Waals surface area contributed by atoms with Gasteiger partial charge in [0.2, 0.25) is 5.91 Å². The van der Waals surface area contributed by atoms with Crippen molar-refractivity contribution in [3.05, 3.63) is 54.4 Å². The first-order valence-corrected chi connectivity index (χ1v) is 11.1. The van der Waals surface area contributed by atoms with Gasteiger partial charge in [-0.1, -0.05) is 73.9 Å². The largest absolute Gasteiger partial charge is 0.337 e. The molecule has 3 rings (SSSR count). The van der Waals surface area contributed by atoms with E-state index in [-0.39, 0.29) is 11.7 Å². The van der Waals surface area contributed by atoms with Gasteiger partial charge in [0.1, 0.15) is 11.4 Å². The van der Waals surface area contributed by atoms with Gasteiger partial charge >= 0.3 is 0 Å². The lowest BCUT2D eigenvalue weighted by atomic mass is 9.92. The zero-order valence-corrected chi connectivity index (χ0v) is 17.5. The monoisotopic (exact) mass is 409 g/mol. The van der Waals surface area contributed by atoms with Crippen LogP contribution in [0.4, 0.5) is 0 Å². The summed E-state index contributed by atoms with van der Waals surface area (Å²) in [5.74, 6) is 0.928. The molecule has 1 N–H and O–H groups in total. The van der Waals surface area contributed by atoms with E-state index < -0.39 is 5.54 Å². The van der Waals surface area contributed by atoms with E-state index in [0.717, 1.165) is 49.9 Å². The molecule has 6 nitrogen and oxygen atoms in total. The number of rotatable bonds is 8. The van der Waals surface area contributed by atoms with Gasteiger partial charge in [0, 0.05) is 13.0 Å². The number of allylic oxidation sites excluding steroid dienone is 1. The molecule has 0 atom stereocenters. The predicted octanol–water partition coefficient (Wildman–Crippen LogP) is 3.88. The number of amides is 1. The molecule has 29 heavy (non-hydrogen) atoms. The fourth-order valence-electron chi connectivity index (χ4n) is 3.68. The van der Waals surface area contributed by atoms with Gasteiger partial charge in [0.05, 0.1) is 11.8 Å². The number of nitrogens with one attached hydrogen (secondary N) is 1. The van der Waals surface area contributed by atoms with E-state index >= 15 is 0 Å². The van der Waals surface area contributed by atoms with Crippen LogP contribution in [0, 0.1) is 11.3 Å². The Morgan fingerprint density at radius 2 is 1.97 bits per heavy atom. The molecule has 0 unspecified atom stereocenters. The summed E-state index contributed by atoms with van der Waals surface area (Å²) in [6.07, 6.45) is 8.16. The Morgan fingerprint density at radius 1 is 1.24 bits per heavy atom. The summed E-state index contributed by atoms with van der Waals surface area (Å²) >= 11 is 1.35. The van der Waals surface area contributed by atoms with Crippen molar-refractivity contribution in [1.82, 2.24) is 20.1 Å². The van der Waals surface area contributed by atoms with Crippen molar-refractivity contribution in [2.75, 3.05) is 5.75 Å². The van der Waals surface area contributed by atoms with Gasteiger partial charge in [-0.15, -0.1) is 16.8 Å². The molecule has 7 heteroatoms. The Morgan fingerprint density at radius 3 is 2.62 bits per heavy atom. The first-order chi connectivity index (χ1) is 14.2. The van der Waals surface area contributed by atoms with E-state index in [9.17, 15) is 10.1 Å². The Labute approximate surface area is 176 Å². The predicted molar refractivity (Wildman–Crippen MR) is 114 cm³/mol. The summed E-state index contributed by atoms with van der Waals surface area (Å²) in [5, 5.41) is 21.9. The van der Waals surface area contributed by atoms with Crippen LogP contribution in [0.5, 0.6) is 0 Å². The maximum absolute atomic E-state index is 12.6. The highest BCUT2D eigenvalue weighted by atomic mass is 32.2. The highest BCUT2D eigenvalue weighted by Crippen LogP contribution is 2.27. The first kappa shape index (κ1) is 21.1. The zero-order valence-electron chi connectivity index (χ0n) is 16.6. The number of nitriles is 1. The Balaban J connectivity index is 1.64. The molecule has 152 valence electrons. The minimum atomic E-state index is -0.721. The standard InChI is InChI=1S/C22H27N5OS/c1-2-14-27-19(15-18-10-6-5-7-11-18)25-26-21(27)29-16-20(28)24-22(17-23)12-8-3-4-9-13-22/h2,5-7,10-11H,1,3-4,8-9,12-16H2,(H,24,28). The topological polar surface area (TPSA) is 83.6 Å². The van der Waals surface area contributed by atoms with E-state index in [2.05, 4.69) is 40.3 Å².